The highest BCUT2D eigenvalue weighted by Gasteiger charge is 2.15. The van der Waals surface area contributed by atoms with Crippen LogP contribution in [0.15, 0.2) is 66.1 Å². The molecule has 1 heterocycles. The van der Waals surface area contributed by atoms with Crippen molar-refractivity contribution in [1.82, 2.24) is 19.5 Å². The first-order chi connectivity index (χ1) is 13.0. The Morgan fingerprint density at radius 1 is 1.07 bits per heavy atom. The minimum Gasteiger partial charge on any atom is -0.249 e. The van der Waals surface area contributed by atoms with Gasteiger partial charge in [0.25, 0.3) is 0 Å². The summed E-state index contributed by atoms with van der Waals surface area (Å²) in [6.07, 6.45) is 4.14. The third-order valence-corrected chi connectivity index (χ3v) is 6.16. The van der Waals surface area contributed by atoms with Crippen molar-refractivity contribution >= 4 is 10.0 Å². The van der Waals surface area contributed by atoms with Crippen LogP contribution in [-0.2, 0) is 23.1 Å². The van der Waals surface area contributed by atoms with Gasteiger partial charge in [0.05, 0.1) is 11.4 Å². The van der Waals surface area contributed by atoms with Gasteiger partial charge in [-0.25, -0.2) is 22.8 Å². The molecule has 7 heteroatoms. The van der Waals surface area contributed by atoms with Crippen LogP contribution < -0.4 is 4.72 Å². The van der Waals surface area contributed by atoms with Crippen molar-refractivity contribution < 1.29 is 8.42 Å². The SMILES string of the molecule is CCC(C)c1ccc(S(=O)(=O)NCc2ccccc2Cn2cncn2)cc1. The highest BCUT2D eigenvalue weighted by molar-refractivity contribution is 7.89. The maximum atomic E-state index is 12.6. The molecule has 0 amide bonds. The lowest BCUT2D eigenvalue weighted by Gasteiger charge is -2.13. The van der Waals surface area contributed by atoms with Crippen molar-refractivity contribution in [2.24, 2.45) is 0 Å². The summed E-state index contributed by atoms with van der Waals surface area (Å²) >= 11 is 0. The molecule has 3 aromatic rings. The summed E-state index contributed by atoms with van der Waals surface area (Å²) in [5.74, 6) is 0.415. The minimum atomic E-state index is -3.57. The van der Waals surface area contributed by atoms with Crippen molar-refractivity contribution in [1.29, 1.82) is 0 Å². The molecule has 142 valence electrons. The topological polar surface area (TPSA) is 76.9 Å². The van der Waals surface area contributed by atoms with Crippen LogP contribution in [0.1, 0.15) is 42.9 Å². The van der Waals surface area contributed by atoms with Gasteiger partial charge in [-0.1, -0.05) is 50.2 Å². The van der Waals surface area contributed by atoms with E-state index in [1.165, 1.54) is 6.33 Å². The lowest BCUT2D eigenvalue weighted by atomic mass is 9.99. The van der Waals surface area contributed by atoms with Crippen molar-refractivity contribution in [3.8, 4) is 0 Å². The van der Waals surface area contributed by atoms with Crippen molar-refractivity contribution in [3.63, 3.8) is 0 Å². The zero-order valence-electron chi connectivity index (χ0n) is 15.5. The summed E-state index contributed by atoms with van der Waals surface area (Å²) in [6, 6.07) is 14.8. The highest BCUT2D eigenvalue weighted by atomic mass is 32.2. The predicted octanol–water partition coefficient (Wildman–Crippen LogP) is 3.32. The van der Waals surface area contributed by atoms with Crippen LogP contribution in [-0.4, -0.2) is 23.2 Å². The number of nitrogens with one attached hydrogen (secondary N) is 1. The second-order valence-electron chi connectivity index (χ2n) is 6.56. The van der Waals surface area contributed by atoms with Gasteiger partial charge < -0.3 is 0 Å². The molecule has 6 nitrogen and oxygen atoms in total. The van der Waals surface area contributed by atoms with Gasteiger partial charge in [-0.15, -0.1) is 0 Å². The second-order valence-corrected chi connectivity index (χ2v) is 8.33. The minimum absolute atomic E-state index is 0.223. The van der Waals surface area contributed by atoms with E-state index in [-0.39, 0.29) is 11.4 Å². The normalized spacial score (nSPS) is 12.8. The first-order valence-electron chi connectivity index (χ1n) is 8.98. The van der Waals surface area contributed by atoms with Crippen LogP contribution in [0.3, 0.4) is 0 Å². The van der Waals surface area contributed by atoms with Crippen LogP contribution in [0, 0.1) is 0 Å². The van der Waals surface area contributed by atoms with E-state index in [1.807, 2.05) is 36.4 Å². The van der Waals surface area contributed by atoms with E-state index in [0.717, 1.165) is 23.1 Å². The molecule has 0 aliphatic rings. The summed E-state index contributed by atoms with van der Waals surface area (Å²) < 4.78 is 29.7. The lowest BCUT2D eigenvalue weighted by molar-refractivity contribution is 0.580. The smallest absolute Gasteiger partial charge is 0.240 e. The molecule has 0 spiro atoms. The van der Waals surface area contributed by atoms with E-state index in [9.17, 15) is 8.42 Å². The largest absolute Gasteiger partial charge is 0.249 e. The van der Waals surface area contributed by atoms with Crippen LogP contribution >= 0.6 is 0 Å². The fourth-order valence-corrected chi connectivity index (χ4v) is 3.85. The molecule has 0 saturated heterocycles. The molecular formula is C20H24N4O2S. The van der Waals surface area contributed by atoms with Gasteiger partial charge in [0.1, 0.15) is 12.7 Å². The molecular weight excluding hydrogens is 360 g/mol. The van der Waals surface area contributed by atoms with Gasteiger partial charge >= 0.3 is 0 Å². The summed E-state index contributed by atoms with van der Waals surface area (Å²) in [5, 5.41) is 4.11. The third-order valence-electron chi connectivity index (χ3n) is 4.74. The van der Waals surface area contributed by atoms with Crippen LogP contribution in [0.4, 0.5) is 0 Å². The van der Waals surface area contributed by atoms with E-state index in [4.69, 9.17) is 0 Å². The van der Waals surface area contributed by atoms with Gasteiger partial charge in [0.2, 0.25) is 10.0 Å². The first-order valence-corrected chi connectivity index (χ1v) is 10.5. The molecule has 0 bridgehead atoms. The molecule has 3 rings (SSSR count). The molecule has 2 aromatic carbocycles. The molecule has 1 atom stereocenters. The fourth-order valence-electron chi connectivity index (χ4n) is 2.84. The average molecular weight is 385 g/mol. The van der Waals surface area contributed by atoms with Crippen LogP contribution in [0.25, 0.3) is 0 Å². The fraction of sp³-hybridized carbons (Fsp3) is 0.300. The molecule has 0 fully saturated rings. The molecule has 0 aliphatic heterocycles. The Hall–Kier alpha value is -2.51. The standard InChI is InChI=1S/C20H24N4O2S/c1-3-16(2)17-8-10-20(11-9-17)27(25,26)23-12-18-6-4-5-7-19(18)13-24-15-21-14-22-24/h4-11,14-16,23H,3,12-13H2,1-2H3. The van der Waals surface area contributed by atoms with Gasteiger partial charge in [0.15, 0.2) is 0 Å². The number of benzene rings is 2. The Balaban J connectivity index is 1.72. The molecule has 0 aliphatic carbocycles. The monoisotopic (exact) mass is 384 g/mol. The van der Waals surface area contributed by atoms with Gasteiger partial charge in [-0.2, -0.15) is 5.10 Å². The Labute approximate surface area is 160 Å². The predicted molar refractivity (Wildman–Crippen MR) is 105 cm³/mol. The third kappa shape index (κ3) is 4.81. The zero-order valence-corrected chi connectivity index (χ0v) is 16.4. The van der Waals surface area contributed by atoms with Crippen LogP contribution in [0.5, 0.6) is 0 Å². The Bertz CT molecular complexity index is 967. The molecule has 1 aromatic heterocycles. The van der Waals surface area contributed by atoms with Gasteiger partial charge in [0, 0.05) is 6.54 Å². The van der Waals surface area contributed by atoms with Crippen LogP contribution in [0.2, 0.25) is 0 Å². The van der Waals surface area contributed by atoms with E-state index in [2.05, 4.69) is 28.7 Å². The average Bonchev–Trinajstić information content (AvgIpc) is 3.20. The first kappa shape index (κ1) is 19.3. The Kier molecular flexibility index (Phi) is 6.03. The number of nitrogens with zero attached hydrogens (tertiary/aromatic N) is 3. The van der Waals surface area contributed by atoms with Crippen molar-refractivity contribution in [3.05, 3.63) is 77.9 Å². The molecule has 1 unspecified atom stereocenters. The molecule has 0 radical (unpaired) electrons. The van der Waals surface area contributed by atoms with Crippen molar-refractivity contribution in [2.75, 3.05) is 0 Å². The number of hydrogen-bond acceptors (Lipinski definition) is 4. The Morgan fingerprint density at radius 2 is 1.78 bits per heavy atom. The van der Waals surface area contributed by atoms with Crippen molar-refractivity contribution in [2.45, 2.75) is 44.2 Å². The maximum absolute atomic E-state index is 12.6. The van der Waals surface area contributed by atoms with E-state index in [1.54, 1.807) is 23.1 Å². The molecule has 0 saturated carbocycles. The molecule has 27 heavy (non-hydrogen) atoms. The van der Waals surface area contributed by atoms with Gasteiger partial charge in [-0.05, 0) is 41.2 Å². The number of hydrogen-bond donors (Lipinski definition) is 1. The number of rotatable bonds is 8. The summed E-state index contributed by atoms with van der Waals surface area (Å²) in [6.45, 7) is 5.02. The second kappa shape index (κ2) is 8.45. The number of aromatic nitrogens is 3. The number of sulfonamides is 1. The maximum Gasteiger partial charge on any atom is 0.240 e. The van der Waals surface area contributed by atoms with E-state index < -0.39 is 10.0 Å². The summed E-state index contributed by atoms with van der Waals surface area (Å²) in [5.41, 5.74) is 3.06. The Morgan fingerprint density at radius 3 is 2.41 bits per heavy atom. The van der Waals surface area contributed by atoms with Gasteiger partial charge in [-0.3, -0.25) is 0 Å². The molecule has 1 N–H and O–H groups in total. The quantitative estimate of drug-likeness (QED) is 0.646. The van der Waals surface area contributed by atoms with E-state index >= 15 is 0 Å². The summed E-state index contributed by atoms with van der Waals surface area (Å²) in [7, 11) is -3.57. The van der Waals surface area contributed by atoms with E-state index in [0.29, 0.717) is 12.5 Å². The highest BCUT2D eigenvalue weighted by Crippen LogP contribution is 2.20. The zero-order chi connectivity index (χ0) is 19.3. The lowest BCUT2D eigenvalue weighted by Crippen LogP contribution is -2.24. The summed E-state index contributed by atoms with van der Waals surface area (Å²) in [4.78, 5) is 4.22.